The van der Waals surface area contributed by atoms with E-state index < -0.39 is 10.0 Å². The summed E-state index contributed by atoms with van der Waals surface area (Å²) in [6.45, 7) is 3.33. The third-order valence-electron chi connectivity index (χ3n) is 4.71. The minimum absolute atomic E-state index is 0.00954. The number of rotatable bonds is 4. The molecule has 1 aliphatic rings. The molecule has 3 aromatic rings. The number of benzene rings is 1. The van der Waals surface area contributed by atoms with Gasteiger partial charge in [0.15, 0.2) is 0 Å². The van der Waals surface area contributed by atoms with Gasteiger partial charge in [-0.3, -0.25) is 4.79 Å². The molecular formula is C17H18N4O3S3. The molecule has 0 radical (unpaired) electrons. The van der Waals surface area contributed by atoms with Crippen LogP contribution in [0.1, 0.15) is 22.2 Å². The van der Waals surface area contributed by atoms with E-state index >= 15 is 0 Å². The van der Waals surface area contributed by atoms with E-state index in [0.717, 1.165) is 28.6 Å². The van der Waals surface area contributed by atoms with Crippen molar-refractivity contribution in [3.63, 3.8) is 0 Å². The minimum atomic E-state index is -3.67. The number of carbonyl (C=O) groups excluding carboxylic acids is 1. The van der Waals surface area contributed by atoms with Gasteiger partial charge in [-0.25, -0.2) is 8.42 Å². The molecule has 10 heteroatoms. The Balaban J connectivity index is 1.52. The maximum absolute atomic E-state index is 13.1. The SMILES string of the molecule is CCc1ccsc1C(=O)N1CCN(S(=O)(=O)c2cccc3nsnc23)CC1. The molecule has 0 spiro atoms. The van der Waals surface area contributed by atoms with Crippen molar-refractivity contribution in [2.75, 3.05) is 26.2 Å². The Bertz CT molecular complexity index is 1080. The molecule has 27 heavy (non-hydrogen) atoms. The Morgan fingerprint density at radius 2 is 1.93 bits per heavy atom. The second-order valence-corrected chi connectivity index (χ2v) is 9.56. The van der Waals surface area contributed by atoms with Gasteiger partial charge in [-0.15, -0.1) is 11.3 Å². The molecule has 3 heterocycles. The summed E-state index contributed by atoms with van der Waals surface area (Å²) < 4.78 is 35.8. The molecule has 0 atom stereocenters. The maximum Gasteiger partial charge on any atom is 0.264 e. The molecule has 142 valence electrons. The number of hydrogen-bond donors (Lipinski definition) is 0. The quantitative estimate of drug-likeness (QED) is 0.645. The highest BCUT2D eigenvalue weighted by Gasteiger charge is 2.32. The molecule has 2 aromatic heterocycles. The number of fused-ring (bicyclic) bond motifs is 1. The molecule has 0 saturated carbocycles. The summed E-state index contributed by atoms with van der Waals surface area (Å²) in [4.78, 5) is 15.4. The Morgan fingerprint density at radius 1 is 1.15 bits per heavy atom. The van der Waals surface area contributed by atoms with E-state index in [9.17, 15) is 13.2 Å². The van der Waals surface area contributed by atoms with Crippen LogP contribution >= 0.6 is 23.1 Å². The number of aromatic nitrogens is 2. The summed E-state index contributed by atoms with van der Waals surface area (Å²) in [5.74, 6) is -0.00954. The summed E-state index contributed by atoms with van der Waals surface area (Å²) in [7, 11) is -3.67. The number of piperazine rings is 1. The molecule has 4 rings (SSSR count). The molecule has 0 N–H and O–H groups in total. The van der Waals surface area contributed by atoms with E-state index in [1.165, 1.54) is 15.6 Å². The number of thiophene rings is 1. The predicted octanol–water partition coefficient (Wildman–Crippen LogP) is 2.46. The largest absolute Gasteiger partial charge is 0.335 e. The fourth-order valence-corrected chi connectivity index (χ4v) is 6.34. The lowest BCUT2D eigenvalue weighted by molar-refractivity contribution is 0.0702. The van der Waals surface area contributed by atoms with E-state index in [1.807, 2.05) is 18.4 Å². The van der Waals surface area contributed by atoms with Gasteiger partial charge in [0.25, 0.3) is 5.91 Å². The summed E-state index contributed by atoms with van der Waals surface area (Å²) >= 11 is 2.45. The van der Waals surface area contributed by atoms with Crippen LogP contribution in [-0.2, 0) is 16.4 Å². The van der Waals surface area contributed by atoms with Gasteiger partial charge >= 0.3 is 0 Å². The molecule has 1 fully saturated rings. The van der Waals surface area contributed by atoms with Crippen LogP contribution in [0.2, 0.25) is 0 Å². The zero-order valence-electron chi connectivity index (χ0n) is 14.7. The molecule has 1 aliphatic heterocycles. The van der Waals surface area contributed by atoms with Crippen LogP contribution in [0, 0.1) is 0 Å². The molecular weight excluding hydrogens is 404 g/mol. The number of sulfonamides is 1. The van der Waals surface area contributed by atoms with E-state index in [0.29, 0.717) is 24.1 Å². The smallest absolute Gasteiger partial charge is 0.264 e. The summed E-state index contributed by atoms with van der Waals surface area (Å²) in [5, 5.41) is 1.93. The van der Waals surface area contributed by atoms with Crippen molar-refractivity contribution in [1.29, 1.82) is 0 Å². The van der Waals surface area contributed by atoms with E-state index in [2.05, 4.69) is 8.75 Å². The van der Waals surface area contributed by atoms with Crippen LogP contribution in [0.4, 0.5) is 0 Å². The summed E-state index contributed by atoms with van der Waals surface area (Å²) in [6.07, 6.45) is 0.810. The topological polar surface area (TPSA) is 83.5 Å². The van der Waals surface area contributed by atoms with Gasteiger partial charge in [-0.05, 0) is 35.6 Å². The first-order valence-corrected chi connectivity index (χ1v) is 11.6. The number of aryl methyl sites for hydroxylation is 1. The third-order valence-corrected chi connectivity index (χ3v) is 8.13. The lowest BCUT2D eigenvalue weighted by atomic mass is 10.2. The van der Waals surface area contributed by atoms with Crippen molar-refractivity contribution < 1.29 is 13.2 Å². The number of carbonyl (C=O) groups is 1. The van der Waals surface area contributed by atoms with Crippen LogP contribution in [0.5, 0.6) is 0 Å². The van der Waals surface area contributed by atoms with E-state index in [-0.39, 0.29) is 23.9 Å². The second-order valence-electron chi connectivity index (χ2n) is 6.21. The highest BCUT2D eigenvalue weighted by molar-refractivity contribution is 7.89. The minimum Gasteiger partial charge on any atom is -0.335 e. The van der Waals surface area contributed by atoms with E-state index in [4.69, 9.17) is 0 Å². The molecule has 0 unspecified atom stereocenters. The average molecular weight is 423 g/mol. The lowest BCUT2D eigenvalue weighted by Crippen LogP contribution is -2.50. The van der Waals surface area contributed by atoms with Crippen LogP contribution in [0.25, 0.3) is 11.0 Å². The summed E-state index contributed by atoms with van der Waals surface area (Å²) in [6, 6.07) is 6.97. The van der Waals surface area contributed by atoms with Crippen LogP contribution in [0.15, 0.2) is 34.5 Å². The standard InChI is InChI=1S/C17H18N4O3S3/c1-2-12-6-11-25-16(12)17(22)20-7-9-21(10-8-20)27(23,24)14-5-3-4-13-15(14)19-26-18-13/h3-6,11H,2,7-10H2,1H3. The number of nitrogens with zero attached hydrogens (tertiary/aromatic N) is 4. The molecule has 0 bridgehead atoms. The van der Waals surface area contributed by atoms with Gasteiger partial charge in [0.2, 0.25) is 10.0 Å². The first kappa shape index (κ1) is 18.5. The fraction of sp³-hybridized carbons (Fsp3) is 0.353. The monoisotopic (exact) mass is 422 g/mol. The Hall–Kier alpha value is -1.88. The summed E-state index contributed by atoms with van der Waals surface area (Å²) in [5.41, 5.74) is 2.04. The Labute approximate surface area is 165 Å². The second kappa shape index (κ2) is 7.27. The Kier molecular flexibility index (Phi) is 4.97. The maximum atomic E-state index is 13.1. The normalized spacial score (nSPS) is 16.1. The first-order chi connectivity index (χ1) is 13.0. The van der Waals surface area contributed by atoms with Crippen LogP contribution < -0.4 is 0 Å². The Morgan fingerprint density at radius 3 is 2.67 bits per heavy atom. The van der Waals surface area contributed by atoms with Crippen molar-refractivity contribution in [2.24, 2.45) is 0 Å². The van der Waals surface area contributed by atoms with Gasteiger partial charge in [0.05, 0.1) is 16.6 Å². The van der Waals surface area contributed by atoms with Crippen molar-refractivity contribution in [2.45, 2.75) is 18.2 Å². The van der Waals surface area contributed by atoms with Gasteiger partial charge in [0, 0.05) is 26.2 Å². The van der Waals surface area contributed by atoms with Crippen LogP contribution in [-0.4, -0.2) is 58.5 Å². The molecule has 7 nitrogen and oxygen atoms in total. The van der Waals surface area contributed by atoms with Gasteiger partial charge < -0.3 is 4.90 Å². The number of amides is 1. The van der Waals surface area contributed by atoms with Crippen molar-refractivity contribution >= 4 is 50.0 Å². The van der Waals surface area contributed by atoms with Gasteiger partial charge in [-0.2, -0.15) is 13.1 Å². The molecule has 0 aliphatic carbocycles. The highest BCUT2D eigenvalue weighted by atomic mass is 32.2. The highest BCUT2D eigenvalue weighted by Crippen LogP contribution is 2.26. The third kappa shape index (κ3) is 3.27. The van der Waals surface area contributed by atoms with Crippen molar-refractivity contribution in [1.82, 2.24) is 18.0 Å². The predicted molar refractivity (Wildman–Crippen MR) is 106 cm³/mol. The zero-order chi connectivity index (χ0) is 19.0. The number of hydrogen-bond acceptors (Lipinski definition) is 7. The molecule has 1 saturated heterocycles. The average Bonchev–Trinajstić information content (AvgIpc) is 3.36. The molecule has 1 amide bonds. The fourth-order valence-electron chi connectivity index (χ4n) is 3.21. The van der Waals surface area contributed by atoms with Crippen LogP contribution in [0.3, 0.4) is 0 Å². The lowest BCUT2D eigenvalue weighted by Gasteiger charge is -2.34. The van der Waals surface area contributed by atoms with E-state index in [1.54, 1.807) is 23.1 Å². The first-order valence-electron chi connectivity index (χ1n) is 8.59. The van der Waals surface area contributed by atoms with Gasteiger partial charge in [-0.1, -0.05) is 13.0 Å². The van der Waals surface area contributed by atoms with Gasteiger partial charge in [0.1, 0.15) is 15.9 Å². The zero-order valence-corrected chi connectivity index (χ0v) is 17.1. The molecule has 1 aromatic carbocycles. The van der Waals surface area contributed by atoms with Crippen molar-refractivity contribution in [3.05, 3.63) is 40.1 Å². The van der Waals surface area contributed by atoms with Crippen molar-refractivity contribution in [3.8, 4) is 0 Å².